The molecule has 5 nitrogen and oxygen atoms in total. The number of carboxylic acids is 1. The molecule has 0 radical (unpaired) electrons. The Balaban J connectivity index is 2.13. The number of aliphatic carboxylic acids is 1. The molecule has 1 aromatic rings. The van der Waals surface area contributed by atoms with Gasteiger partial charge >= 0.3 is 5.97 Å². The number of likely N-dealkylation sites (N-methyl/N-ethyl adjacent to an activating group) is 1. The average molecular weight is 308 g/mol. The minimum Gasteiger partial charge on any atom is -0.481 e. The van der Waals surface area contributed by atoms with Crippen molar-refractivity contribution in [2.75, 3.05) is 25.0 Å². The zero-order valence-corrected chi connectivity index (χ0v) is 12.8. The Morgan fingerprint density at radius 3 is 2.82 bits per heavy atom. The van der Waals surface area contributed by atoms with E-state index in [9.17, 15) is 14.0 Å². The lowest BCUT2D eigenvalue weighted by molar-refractivity contribution is -0.142. The zero-order valence-electron chi connectivity index (χ0n) is 12.8. The quantitative estimate of drug-likeness (QED) is 0.903. The molecule has 0 saturated carbocycles. The number of carbonyl (C=O) groups is 2. The van der Waals surface area contributed by atoms with Crippen LogP contribution < -0.4 is 4.90 Å². The van der Waals surface area contributed by atoms with Crippen LogP contribution in [0.15, 0.2) is 24.3 Å². The van der Waals surface area contributed by atoms with Crippen molar-refractivity contribution in [3.8, 4) is 0 Å². The van der Waals surface area contributed by atoms with Crippen molar-refractivity contribution in [2.45, 2.75) is 25.8 Å². The van der Waals surface area contributed by atoms with Gasteiger partial charge < -0.3 is 10.0 Å². The van der Waals surface area contributed by atoms with Crippen molar-refractivity contribution < 1.29 is 19.1 Å². The summed E-state index contributed by atoms with van der Waals surface area (Å²) in [5.74, 6) is -2.03. The number of benzene rings is 1. The molecule has 1 fully saturated rings. The standard InChI is InChI=1S/C16H21FN2O3/c1-11(16(21)22)10-18(2)14-8-5-9-19(15(14)20)13-7-4-3-6-12(13)17/h3-4,6-7,11,14H,5,8-10H2,1-2H3,(H,21,22). The summed E-state index contributed by atoms with van der Waals surface area (Å²) in [4.78, 5) is 26.8. The van der Waals surface area contributed by atoms with E-state index in [0.717, 1.165) is 6.42 Å². The number of halogens is 1. The number of carboxylic acid groups (broad SMARTS) is 1. The minimum atomic E-state index is -0.888. The van der Waals surface area contributed by atoms with Crippen molar-refractivity contribution in [3.63, 3.8) is 0 Å². The summed E-state index contributed by atoms with van der Waals surface area (Å²) >= 11 is 0. The summed E-state index contributed by atoms with van der Waals surface area (Å²) in [5.41, 5.74) is 0.289. The van der Waals surface area contributed by atoms with Gasteiger partial charge in [0.2, 0.25) is 5.91 Å². The minimum absolute atomic E-state index is 0.170. The van der Waals surface area contributed by atoms with Crippen LogP contribution in [0.2, 0.25) is 0 Å². The molecule has 2 atom stereocenters. The Morgan fingerprint density at radius 2 is 2.18 bits per heavy atom. The van der Waals surface area contributed by atoms with Gasteiger partial charge in [0.05, 0.1) is 17.6 Å². The SMILES string of the molecule is CC(CN(C)C1CCCN(c2ccccc2F)C1=O)C(=O)O. The summed E-state index contributed by atoms with van der Waals surface area (Å²) < 4.78 is 13.9. The van der Waals surface area contributed by atoms with Crippen molar-refractivity contribution in [3.05, 3.63) is 30.1 Å². The molecule has 1 aromatic carbocycles. The molecular weight excluding hydrogens is 287 g/mol. The van der Waals surface area contributed by atoms with E-state index in [1.54, 1.807) is 37.1 Å². The number of piperidine rings is 1. The molecule has 1 aliphatic rings. The van der Waals surface area contributed by atoms with Gasteiger partial charge in [-0.25, -0.2) is 4.39 Å². The van der Waals surface area contributed by atoms with Crippen LogP contribution in [0.25, 0.3) is 0 Å². The largest absolute Gasteiger partial charge is 0.481 e. The summed E-state index contributed by atoms with van der Waals surface area (Å²) in [7, 11) is 1.74. The van der Waals surface area contributed by atoms with Gasteiger partial charge in [0.1, 0.15) is 5.82 Å². The maximum Gasteiger partial charge on any atom is 0.307 e. The number of hydrogen-bond acceptors (Lipinski definition) is 3. The van der Waals surface area contributed by atoms with Crippen molar-refractivity contribution in [2.24, 2.45) is 5.92 Å². The first kappa shape index (κ1) is 16.4. The van der Waals surface area contributed by atoms with E-state index in [1.807, 2.05) is 0 Å². The third-order valence-electron chi connectivity index (χ3n) is 4.07. The maximum atomic E-state index is 13.9. The van der Waals surface area contributed by atoms with Crippen LogP contribution in [0.1, 0.15) is 19.8 Å². The third-order valence-corrected chi connectivity index (χ3v) is 4.07. The second kappa shape index (κ2) is 6.87. The highest BCUT2D eigenvalue weighted by atomic mass is 19.1. The van der Waals surface area contributed by atoms with Crippen molar-refractivity contribution in [1.29, 1.82) is 0 Å². The van der Waals surface area contributed by atoms with E-state index < -0.39 is 23.7 Å². The Labute approximate surface area is 129 Å². The van der Waals surface area contributed by atoms with Crippen LogP contribution in [0.3, 0.4) is 0 Å². The van der Waals surface area contributed by atoms with Gasteiger partial charge in [0, 0.05) is 13.1 Å². The van der Waals surface area contributed by atoms with Gasteiger partial charge in [-0.3, -0.25) is 14.5 Å². The summed E-state index contributed by atoms with van der Waals surface area (Å²) in [6, 6.07) is 5.81. The molecule has 0 aromatic heterocycles. The Bertz CT molecular complexity index is 564. The number of anilines is 1. The first-order valence-corrected chi connectivity index (χ1v) is 7.40. The number of para-hydroxylation sites is 1. The molecule has 120 valence electrons. The molecule has 2 rings (SSSR count). The predicted molar refractivity (Wildman–Crippen MR) is 81.2 cm³/mol. The molecule has 0 bridgehead atoms. The molecule has 22 heavy (non-hydrogen) atoms. The van der Waals surface area contributed by atoms with Crippen molar-refractivity contribution in [1.82, 2.24) is 4.90 Å². The summed E-state index contributed by atoms with van der Waals surface area (Å²) in [6.07, 6.45) is 1.42. The van der Waals surface area contributed by atoms with E-state index in [-0.39, 0.29) is 18.1 Å². The Morgan fingerprint density at radius 1 is 1.50 bits per heavy atom. The van der Waals surface area contributed by atoms with Crippen LogP contribution in [0.5, 0.6) is 0 Å². The molecule has 1 aliphatic heterocycles. The molecule has 1 N–H and O–H groups in total. The monoisotopic (exact) mass is 308 g/mol. The average Bonchev–Trinajstić information content (AvgIpc) is 2.48. The highest BCUT2D eigenvalue weighted by molar-refractivity contribution is 5.98. The van der Waals surface area contributed by atoms with E-state index in [4.69, 9.17) is 5.11 Å². The fraction of sp³-hybridized carbons (Fsp3) is 0.500. The molecule has 1 amide bonds. The molecular formula is C16H21FN2O3. The lowest BCUT2D eigenvalue weighted by atomic mass is 10.0. The fourth-order valence-electron chi connectivity index (χ4n) is 2.81. The number of rotatable bonds is 5. The van der Waals surface area contributed by atoms with Crippen LogP contribution in [0, 0.1) is 11.7 Å². The zero-order chi connectivity index (χ0) is 16.3. The third kappa shape index (κ3) is 3.44. The van der Waals surface area contributed by atoms with E-state index in [1.165, 1.54) is 11.0 Å². The number of carbonyl (C=O) groups excluding carboxylic acids is 1. The van der Waals surface area contributed by atoms with Gasteiger partial charge in [-0.05, 0) is 32.0 Å². The van der Waals surface area contributed by atoms with E-state index >= 15 is 0 Å². The molecule has 6 heteroatoms. The first-order valence-electron chi connectivity index (χ1n) is 7.40. The van der Waals surface area contributed by atoms with Crippen LogP contribution in [-0.2, 0) is 9.59 Å². The maximum absolute atomic E-state index is 13.9. The van der Waals surface area contributed by atoms with Crippen LogP contribution >= 0.6 is 0 Å². The lowest BCUT2D eigenvalue weighted by Crippen LogP contribution is -2.52. The van der Waals surface area contributed by atoms with Crippen LogP contribution in [0.4, 0.5) is 10.1 Å². The van der Waals surface area contributed by atoms with Crippen LogP contribution in [-0.4, -0.2) is 48.1 Å². The molecule has 0 aliphatic carbocycles. The number of amides is 1. The van der Waals surface area contributed by atoms with Gasteiger partial charge in [0.25, 0.3) is 0 Å². The molecule has 1 heterocycles. The highest BCUT2D eigenvalue weighted by Gasteiger charge is 2.34. The smallest absolute Gasteiger partial charge is 0.307 e. The second-order valence-electron chi connectivity index (χ2n) is 5.78. The molecule has 0 spiro atoms. The topological polar surface area (TPSA) is 60.9 Å². The molecule has 2 unspecified atom stereocenters. The highest BCUT2D eigenvalue weighted by Crippen LogP contribution is 2.25. The van der Waals surface area contributed by atoms with Crippen molar-refractivity contribution >= 4 is 17.6 Å². The van der Waals surface area contributed by atoms with Gasteiger partial charge in [-0.15, -0.1) is 0 Å². The van der Waals surface area contributed by atoms with Gasteiger partial charge in [0.15, 0.2) is 0 Å². The number of nitrogens with zero attached hydrogens (tertiary/aromatic N) is 2. The first-order chi connectivity index (χ1) is 10.4. The second-order valence-corrected chi connectivity index (χ2v) is 5.78. The summed E-state index contributed by atoms with van der Waals surface area (Å²) in [6.45, 7) is 2.39. The van der Waals surface area contributed by atoms with Gasteiger partial charge in [-0.1, -0.05) is 19.1 Å². The predicted octanol–water partition coefficient (Wildman–Crippen LogP) is 1.97. The fourth-order valence-corrected chi connectivity index (χ4v) is 2.81. The van der Waals surface area contributed by atoms with Gasteiger partial charge in [-0.2, -0.15) is 0 Å². The number of hydrogen-bond donors (Lipinski definition) is 1. The normalized spacial score (nSPS) is 20.3. The lowest BCUT2D eigenvalue weighted by Gasteiger charge is -2.37. The molecule has 1 saturated heterocycles. The van der Waals surface area contributed by atoms with E-state index in [0.29, 0.717) is 13.0 Å². The Kier molecular flexibility index (Phi) is 5.13. The Hall–Kier alpha value is -1.95. The summed E-state index contributed by atoms with van der Waals surface area (Å²) in [5, 5.41) is 8.99. The van der Waals surface area contributed by atoms with E-state index in [2.05, 4.69) is 0 Å².